The summed E-state index contributed by atoms with van der Waals surface area (Å²) < 4.78 is 43.0. The van der Waals surface area contributed by atoms with Crippen molar-refractivity contribution in [1.29, 1.82) is 0 Å². The highest BCUT2D eigenvalue weighted by atomic mass is 35.5. The normalized spacial score (nSPS) is 20.0. The molecule has 0 radical (unpaired) electrons. The van der Waals surface area contributed by atoms with Crippen LogP contribution in [0.1, 0.15) is 44.4 Å². The van der Waals surface area contributed by atoms with Crippen LogP contribution >= 0.6 is 34.8 Å². The Hall–Kier alpha value is -1.63. The highest BCUT2D eigenvalue weighted by Gasteiger charge is 2.59. The fraction of sp³-hybridized carbons (Fsp3) is 0.435. The lowest BCUT2D eigenvalue weighted by atomic mass is 9.79. The van der Waals surface area contributed by atoms with Crippen LogP contribution in [0.25, 0.3) is 0 Å². The summed E-state index contributed by atoms with van der Waals surface area (Å²) in [5.74, 6) is -0.192. The maximum absolute atomic E-state index is 14.3. The number of carbonyl (C=O) groups excluding carboxylic acids is 1. The molecular formula is C23H24Cl3F3N2O. The van der Waals surface area contributed by atoms with Gasteiger partial charge in [0, 0.05) is 24.7 Å². The molecule has 1 saturated heterocycles. The Bertz CT molecular complexity index is 972. The SMILES string of the molecule is CC(C)C(=O)NC(C)c1ccc(N2CCC(c3cc(Cl)c(Cl)c(Cl)c3)(C(F)(F)F)C2)cc1. The van der Waals surface area contributed by atoms with Gasteiger partial charge in [0.2, 0.25) is 5.91 Å². The predicted octanol–water partition coefficient (Wildman–Crippen LogP) is 7.19. The number of halogens is 6. The fourth-order valence-electron chi connectivity index (χ4n) is 3.93. The molecule has 0 spiro atoms. The smallest absolute Gasteiger partial charge is 0.370 e. The van der Waals surface area contributed by atoms with Crippen LogP contribution in [0.4, 0.5) is 18.9 Å². The van der Waals surface area contributed by atoms with Gasteiger partial charge in [-0.1, -0.05) is 60.8 Å². The second kappa shape index (κ2) is 9.32. The molecule has 3 rings (SSSR count). The van der Waals surface area contributed by atoms with E-state index in [9.17, 15) is 18.0 Å². The molecule has 2 unspecified atom stereocenters. The van der Waals surface area contributed by atoms with Gasteiger partial charge in [-0.15, -0.1) is 0 Å². The minimum atomic E-state index is -4.50. The zero-order valence-corrected chi connectivity index (χ0v) is 20.1. The highest BCUT2D eigenvalue weighted by Crippen LogP contribution is 2.50. The summed E-state index contributed by atoms with van der Waals surface area (Å²) >= 11 is 18.0. The minimum absolute atomic E-state index is 0.00183. The molecule has 1 aliphatic rings. The van der Waals surface area contributed by atoms with Crippen molar-refractivity contribution in [2.45, 2.75) is 44.8 Å². The monoisotopic (exact) mass is 506 g/mol. The van der Waals surface area contributed by atoms with E-state index in [2.05, 4.69) is 5.32 Å². The first-order valence-corrected chi connectivity index (χ1v) is 11.4. The van der Waals surface area contributed by atoms with Crippen molar-refractivity contribution in [3.8, 4) is 0 Å². The first-order chi connectivity index (χ1) is 14.9. The van der Waals surface area contributed by atoms with E-state index in [-0.39, 0.29) is 58.0 Å². The van der Waals surface area contributed by atoms with E-state index < -0.39 is 11.6 Å². The standard InChI is InChI=1S/C23H24Cl3F3N2O/c1-13(2)21(32)30-14(3)15-4-6-17(7-5-15)31-9-8-22(12-31,23(27,28)29)16-10-18(24)20(26)19(25)11-16/h4-7,10-11,13-14H,8-9,12H2,1-3H3,(H,30,32). The Morgan fingerprint density at radius 3 is 2.12 bits per heavy atom. The molecular weight excluding hydrogens is 484 g/mol. The number of amides is 1. The summed E-state index contributed by atoms with van der Waals surface area (Å²) in [4.78, 5) is 13.6. The molecule has 3 nitrogen and oxygen atoms in total. The molecule has 0 aromatic heterocycles. The minimum Gasteiger partial charge on any atom is -0.370 e. The Kier molecular flexibility index (Phi) is 7.28. The quantitative estimate of drug-likeness (QED) is 0.434. The van der Waals surface area contributed by atoms with Crippen molar-refractivity contribution in [3.05, 3.63) is 62.6 Å². The second-order valence-electron chi connectivity index (χ2n) is 8.48. The molecule has 32 heavy (non-hydrogen) atoms. The molecule has 9 heteroatoms. The van der Waals surface area contributed by atoms with Gasteiger partial charge in [-0.05, 0) is 48.7 Å². The van der Waals surface area contributed by atoms with E-state index in [0.717, 1.165) is 5.56 Å². The highest BCUT2D eigenvalue weighted by molar-refractivity contribution is 6.48. The van der Waals surface area contributed by atoms with E-state index in [1.54, 1.807) is 17.0 Å². The van der Waals surface area contributed by atoms with Crippen molar-refractivity contribution >= 4 is 46.4 Å². The predicted molar refractivity (Wildman–Crippen MR) is 124 cm³/mol. The van der Waals surface area contributed by atoms with Crippen molar-refractivity contribution in [2.75, 3.05) is 18.0 Å². The first-order valence-electron chi connectivity index (χ1n) is 10.2. The lowest BCUT2D eigenvalue weighted by Crippen LogP contribution is -2.44. The number of hydrogen-bond donors (Lipinski definition) is 1. The zero-order chi connectivity index (χ0) is 23.8. The van der Waals surface area contributed by atoms with Gasteiger partial charge in [0.05, 0.1) is 21.1 Å². The van der Waals surface area contributed by atoms with Crippen molar-refractivity contribution in [1.82, 2.24) is 5.32 Å². The molecule has 0 bridgehead atoms. The van der Waals surface area contributed by atoms with Crippen LogP contribution in [0, 0.1) is 5.92 Å². The third kappa shape index (κ3) is 4.82. The largest absolute Gasteiger partial charge is 0.400 e. The summed E-state index contributed by atoms with van der Waals surface area (Å²) in [6.45, 7) is 5.45. The summed E-state index contributed by atoms with van der Waals surface area (Å²) in [6, 6.07) is 9.52. The van der Waals surface area contributed by atoms with Gasteiger partial charge in [-0.2, -0.15) is 13.2 Å². The Morgan fingerprint density at radius 1 is 1.06 bits per heavy atom. The molecule has 0 aliphatic carbocycles. The topological polar surface area (TPSA) is 32.3 Å². The van der Waals surface area contributed by atoms with E-state index in [4.69, 9.17) is 34.8 Å². The summed E-state index contributed by atoms with van der Waals surface area (Å²) in [7, 11) is 0. The molecule has 0 saturated carbocycles. The average molecular weight is 508 g/mol. The first kappa shape index (κ1) is 25.0. The number of hydrogen-bond acceptors (Lipinski definition) is 2. The van der Waals surface area contributed by atoms with Gasteiger partial charge in [0.15, 0.2) is 0 Å². The third-order valence-electron chi connectivity index (χ3n) is 5.99. The van der Waals surface area contributed by atoms with Gasteiger partial charge >= 0.3 is 6.18 Å². The average Bonchev–Trinajstić information content (AvgIpc) is 3.18. The maximum Gasteiger partial charge on any atom is 0.400 e. The fourth-order valence-corrected chi connectivity index (χ4v) is 4.53. The van der Waals surface area contributed by atoms with Gasteiger partial charge in [0.25, 0.3) is 0 Å². The number of rotatable bonds is 5. The van der Waals surface area contributed by atoms with Crippen molar-refractivity contribution < 1.29 is 18.0 Å². The van der Waals surface area contributed by atoms with Crippen LogP contribution in [0.5, 0.6) is 0 Å². The molecule has 1 amide bonds. The number of carbonyl (C=O) groups is 1. The van der Waals surface area contributed by atoms with Crippen LogP contribution < -0.4 is 10.2 Å². The molecule has 1 aliphatic heterocycles. The van der Waals surface area contributed by atoms with E-state index in [1.807, 2.05) is 32.9 Å². The Morgan fingerprint density at radius 2 is 1.62 bits per heavy atom. The van der Waals surface area contributed by atoms with Crippen LogP contribution in [-0.2, 0) is 10.2 Å². The lowest BCUT2D eigenvalue weighted by molar-refractivity contribution is -0.184. The third-order valence-corrected chi connectivity index (χ3v) is 7.19. The second-order valence-corrected chi connectivity index (χ2v) is 9.67. The number of nitrogens with one attached hydrogen (secondary N) is 1. The molecule has 1 heterocycles. The van der Waals surface area contributed by atoms with E-state index >= 15 is 0 Å². The maximum atomic E-state index is 14.3. The molecule has 2 aromatic carbocycles. The van der Waals surface area contributed by atoms with Crippen LogP contribution in [0.3, 0.4) is 0 Å². The van der Waals surface area contributed by atoms with Crippen molar-refractivity contribution in [3.63, 3.8) is 0 Å². The summed E-state index contributed by atoms with van der Waals surface area (Å²) in [5, 5.41) is 2.95. The lowest BCUT2D eigenvalue weighted by Gasteiger charge is -2.33. The Balaban J connectivity index is 1.85. The van der Waals surface area contributed by atoms with Gasteiger partial charge in [-0.3, -0.25) is 4.79 Å². The van der Waals surface area contributed by atoms with E-state index in [1.165, 1.54) is 12.1 Å². The molecule has 2 atom stereocenters. The number of alkyl halides is 3. The van der Waals surface area contributed by atoms with Gasteiger partial charge in [-0.25, -0.2) is 0 Å². The van der Waals surface area contributed by atoms with E-state index in [0.29, 0.717) is 5.69 Å². The molecule has 1 fully saturated rings. The summed E-state index contributed by atoms with van der Waals surface area (Å²) in [5.41, 5.74) is -0.551. The van der Waals surface area contributed by atoms with Crippen LogP contribution in [0.2, 0.25) is 15.1 Å². The van der Waals surface area contributed by atoms with Gasteiger partial charge in [0.1, 0.15) is 5.41 Å². The Labute approximate surface area is 200 Å². The van der Waals surface area contributed by atoms with Crippen LogP contribution in [0.15, 0.2) is 36.4 Å². The number of benzene rings is 2. The number of nitrogens with zero attached hydrogens (tertiary/aromatic N) is 1. The van der Waals surface area contributed by atoms with Crippen molar-refractivity contribution in [2.24, 2.45) is 5.92 Å². The molecule has 1 N–H and O–H groups in total. The van der Waals surface area contributed by atoms with Gasteiger partial charge < -0.3 is 10.2 Å². The molecule has 174 valence electrons. The zero-order valence-electron chi connectivity index (χ0n) is 17.9. The molecule has 2 aromatic rings. The number of anilines is 1. The summed E-state index contributed by atoms with van der Waals surface area (Å²) in [6.07, 6.45) is -4.63. The van der Waals surface area contributed by atoms with Crippen LogP contribution in [-0.4, -0.2) is 25.2 Å².